The molecule has 196 valence electrons. The van der Waals surface area contributed by atoms with E-state index in [2.05, 4.69) is 20.6 Å². The molecule has 0 saturated carbocycles. The van der Waals surface area contributed by atoms with Crippen LogP contribution in [0, 0.1) is 5.41 Å². The number of carboxylic acid groups (broad SMARTS) is 1. The first-order chi connectivity index (χ1) is 18.1. The molecule has 0 saturated heterocycles. The molecule has 0 bridgehead atoms. The van der Waals surface area contributed by atoms with Crippen LogP contribution in [0.5, 0.6) is 17.4 Å². The molecule has 0 spiro atoms. The quantitative estimate of drug-likeness (QED) is 0.275. The van der Waals surface area contributed by atoms with E-state index in [1.54, 1.807) is 36.5 Å². The van der Waals surface area contributed by atoms with Crippen LogP contribution in [0.1, 0.15) is 43.1 Å². The Labute approximate surface area is 216 Å². The van der Waals surface area contributed by atoms with Gasteiger partial charge in [-0.25, -0.2) is 9.97 Å². The molecule has 1 aliphatic heterocycles. The number of benzene rings is 1. The van der Waals surface area contributed by atoms with Crippen molar-refractivity contribution in [2.45, 2.75) is 32.7 Å². The van der Waals surface area contributed by atoms with Gasteiger partial charge in [0.05, 0.1) is 32.7 Å². The second kappa shape index (κ2) is 13.7. The number of rotatable bonds is 11. The fraction of sp³-hybridized carbons (Fsp3) is 0.333. The Morgan fingerprint density at radius 3 is 2.81 bits per heavy atom. The molecule has 1 atom stereocenters. The van der Waals surface area contributed by atoms with Crippen LogP contribution in [-0.4, -0.2) is 54.1 Å². The van der Waals surface area contributed by atoms with Crippen LogP contribution in [0.25, 0.3) is 0 Å². The number of carbonyl (C=O) groups is 1. The Kier molecular flexibility index (Phi) is 10.1. The number of pyridine rings is 2. The molecule has 0 radical (unpaired) electrons. The number of nitrogens with zero attached hydrogens (tertiary/aromatic N) is 2. The Balaban J connectivity index is 0.00000186. The first-order valence-electron chi connectivity index (χ1n) is 12.2. The van der Waals surface area contributed by atoms with Gasteiger partial charge in [-0.1, -0.05) is 19.9 Å². The minimum Gasteiger partial charge on any atom is -0.493 e. The standard InChI is InChI=1S/C25H27N5O5.C2H6/c1-33-23-7-2-16(15-28-23)21(13-24(31)32)30-20-5-4-19(12-17(20)14-26)34-10-8-18-3-6-22-25(29-18)27-9-11-35-22;1-2/h2-7,12,14-15,21,26,30H,8-11,13H2,1H3,(H,27,29)(H,31,32);1-2H3. The Bertz CT molecular complexity index is 1190. The van der Waals surface area contributed by atoms with Crippen molar-refractivity contribution in [1.82, 2.24) is 9.97 Å². The van der Waals surface area contributed by atoms with Crippen molar-refractivity contribution >= 4 is 23.7 Å². The van der Waals surface area contributed by atoms with E-state index in [9.17, 15) is 9.90 Å². The average molecular weight is 508 g/mol. The fourth-order valence-electron chi connectivity index (χ4n) is 3.69. The molecule has 2 aromatic heterocycles. The molecule has 37 heavy (non-hydrogen) atoms. The molecule has 4 N–H and O–H groups in total. The topological polar surface area (TPSA) is 139 Å². The maximum atomic E-state index is 11.5. The highest BCUT2D eigenvalue weighted by atomic mass is 16.5. The summed E-state index contributed by atoms with van der Waals surface area (Å²) in [7, 11) is 1.52. The molecule has 3 aromatic rings. The van der Waals surface area contributed by atoms with Gasteiger partial charge >= 0.3 is 5.97 Å². The van der Waals surface area contributed by atoms with E-state index < -0.39 is 12.0 Å². The van der Waals surface area contributed by atoms with E-state index in [0.29, 0.717) is 48.1 Å². The first-order valence-corrected chi connectivity index (χ1v) is 12.2. The molecule has 1 aromatic carbocycles. The van der Waals surface area contributed by atoms with E-state index in [1.165, 1.54) is 13.3 Å². The lowest BCUT2D eigenvalue weighted by Gasteiger charge is -2.20. The second-order valence-electron chi connectivity index (χ2n) is 7.85. The Morgan fingerprint density at radius 2 is 2.11 bits per heavy atom. The largest absolute Gasteiger partial charge is 0.493 e. The normalized spacial score (nSPS) is 12.4. The fourth-order valence-corrected chi connectivity index (χ4v) is 3.69. The zero-order valence-corrected chi connectivity index (χ0v) is 21.3. The van der Waals surface area contributed by atoms with Gasteiger partial charge in [-0.05, 0) is 35.9 Å². The summed E-state index contributed by atoms with van der Waals surface area (Å²) < 4.78 is 16.5. The summed E-state index contributed by atoms with van der Waals surface area (Å²) in [5.74, 6) is 1.60. The molecular weight excluding hydrogens is 474 g/mol. The highest BCUT2D eigenvalue weighted by molar-refractivity contribution is 5.86. The molecule has 0 amide bonds. The number of hydrogen-bond donors (Lipinski definition) is 4. The summed E-state index contributed by atoms with van der Waals surface area (Å²) in [5.41, 5.74) is 2.78. The number of nitrogens with one attached hydrogen (secondary N) is 3. The van der Waals surface area contributed by atoms with Gasteiger partial charge in [-0.3, -0.25) is 4.79 Å². The molecule has 0 aliphatic carbocycles. The number of anilines is 2. The molecule has 4 rings (SSSR count). The van der Waals surface area contributed by atoms with Crippen molar-refractivity contribution in [3.8, 4) is 17.4 Å². The Morgan fingerprint density at radius 1 is 1.27 bits per heavy atom. The molecule has 3 heterocycles. The summed E-state index contributed by atoms with van der Waals surface area (Å²) in [5, 5.41) is 23.7. The van der Waals surface area contributed by atoms with Crippen molar-refractivity contribution in [2.75, 3.05) is 37.5 Å². The predicted octanol–water partition coefficient (Wildman–Crippen LogP) is 4.56. The van der Waals surface area contributed by atoms with Gasteiger partial charge in [0, 0.05) is 41.8 Å². The lowest BCUT2D eigenvalue weighted by molar-refractivity contribution is -0.137. The van der Waals surface area contributed by atoms with Crippen LogP contribution < -0.4 is 24.8 Å². The summed E-state index contributed by atoms with van der Waals surface area (Å²) in [4.78, 5) is 20.2. The van der Waals surface area contributed by atoms with Gasteiger partial charge in [0.1, 0.15) is 12.4 Å². The summed E-state index contributed by atoms with van der Waals surface area (Å²) in [6, 6.07) is 12.0. The maximum absolute atomic E-state index is 11.5. The lowest BCUT2D eigenvalue weighted by Crippen LogP contribution is -2.19. The lowest BCUT2D eigenvalue weighted by atomic mass is 10.0. The van der Waals surface area contributed by atoms with Gasteiger partial charge in [-0.2, -0.15) is 0 Å². The SMILES string of the molecule is CC.COc1ccc(C(CC(=O)O)Nc2ccc(OCCc3ccc4c(n3)NCCO4)cc2C=N)cn1. The number of fused-ring (bicyclic) bond motifs is 1. The van der Waals surface area contributed by atoms with Crippen LogP contribution in [0.4, 0.5) is 11.5 Å². The molecule has 10 nitrogen and oxygen atoms in total. The van der Waals surface area contributed by atoms with E-state index in [0.717, 1.165) is 23.8 Å². The molecule has 1 aliphatic rings. The van der Waals surface area contributed by atoms with Crippen molar-refractivity contribution in [2.24, 2.45) is 0 Å². The van der Waals surface area contributed by atoms with Crippen molar-refractivity contribution in [3.63, 3.8) is 0 Å². The zero-order chi connectivity index (χ0) is 26.6. The van der Waals surface area contributed by atoms with Gasteiger partial charge in [0.15, 0.2) is 11.6 Å². The zero-order valence-electron chi connectivity index (χ0n) is 21.3. The van der Waals surface area contributed by atoms with E-state index >= 15 is 0 Å². The molecular formula is C27H33N5O5. The first kappa shape index (κ1) is 27.3. The van der Waals surface area contributed by atoms with Crippen LogP contribution in [0.15, 0.2) is 48.7 Å². The molecule has 1 unspecified atom stereocenters. The predicted molar refractivity (Wildman–Crippen MR) is 143 cm³/mol. The minimum absolute atomic E-state index is 0.155. The van der Waals surface area contributed by atoms with Gasteiger partial charge in [0.2, 0.25) is 5.88 Å². The number of methoxy groups -OCH3 is 1. The highest BCUT2D eigenvalue weighted by Crippen LogP contribution is 2.28. The summed E-state index contributed by atoms with van der Waals surface area (Å²) in [6.45, 7) is 5.77. The van der Waals surface area contributed by atoms with Gasteiger partial charge in [-0.15, -0.1) is 0 Å². The third kappa shape index (κ3) is 7.57. The summed E-state index contributed by atoms with van der Waals surface area (Å²) in [6.07, 6.45) is 3.24. The van der Waals surface area contributed by atoms with Gasteiger partial charge in [0.25, 0.3) is 0 Å². The number of carboxylic acids is 1. The van der Waals surface area contributed by atoms with Crippen LogP contribution in [-0.2, 0) is 11.2 Å². The van der Waals surface area contributed by atoms with E-state index in [1.807, 2.05) is 26.0 Å². The Hall–Kier alpha value is -4.34. The molecule has 0 fully saturated rings. The van der Waals surface area contributed by atoms with E-state index in [4.69, 9.17) is 19.6 Å². The average Bonchev–Trinajstić information content (AvgIpc) is 2.94. The third-order valence-electron chi connectivity index (χ3n) is 5.45. The van der Waals surface area contributed by atoms with Crippen LogP contribution >= 0.6 is 0 Å². The number of hydrogen-bond acceptors (Lipinski definition) is 9. The van der Waals surface area contributed by atoms with E-state index in [-0.39, 0.29) is 6.42 Å². The third-order valence-corrected chi connectivity index (χ3v) is 5.45. The minimum atomic E-state index is -0.952. The number of aliphatic carboxylic acids is 1. The van der Waals surface area contributed by atoms with Crippen molar-refractivity contribution < 1.29 is 24.1 Å². The number of aromatic nitrogens is 2. The van der Waals surface area contributed by atoms with Crippen LogP contribution in [0.3, 0.4) is 0 Å². The highest BCUT2D eigenvalue weighted by Gasteiger charge is 2.18. The maximum Gasteiger partial charge on any atom is 0.305 e. The molecule has 10 heteroatoms. The monoisotopic (exact) mass is 507 g/mol. The second-order valence-corrected chi connectivity index (χ2v) is 7.85. The smallest absolute Gasteiger partial charge is 0.305 e. The number of ether oxygens (including phenoxy) is 3. The van der Waals surface area contributed by atoms with Gasteiger partial charge < -0.3 is 35.4 Å². The summed E-state index contributed by atoms with van der Waals surface area (Å²) >= 11 is 0. The van der Waals surface area contributed by atoms with Crippen molar-refractivity contribution in [1.29, 1.82) is 5.41 Å². The van der Waals surface area contributed by atoms with Crippen molar-refractivity contribution in [3.05, 3.63) is 65.5 Å². The van der Waals surface area contributed by atoms with Crippen LogP contribution in [0.2, 0.25) is 0 Å².